The Bertz CT molecular complexity index is 1210. The van der Waals surface area contributed by atoms with E-state index in [1.54, 1.807) is 42.5 Å². The van der Waals surface area contributed by atoms with Gasteiger partial charge >= 0.3 is 5.97 Å². The maximum atomic E-state index is 12.6. The number of aromatic carboxylic acids is 1. The number of ether oxygens (including phenoxy) is 1. The molecule has 0 unspecified atom stereocenters. The number of carbonyl (C=O) groups excluding carboxylic acids is 1. The quantitative estimate of drug-likeness (QED) is 0.417. The summed E-state index contributed by atoms with van der Waals surface area (Å²) in [5, 5.41) is 21.4. The molecule has 7 nitrogen and oxygen atoms in total. The Morgan fingerprint density at radius 2 is 1.78 bits per heavy atom. The van der Waals surface area contributed by atoms with E-state index < -0.39 is 11.9 Å². The lowest BCUT2D eigenvalue weighted by atomic mass is 10.1. The molecule has 0 fully saturated rings. The zero-order chi connectivity index (χ0) is 23.3. The molecular formula is C25H23N3O4. The summed E-state index contributed by atoms with van der Waals surface area (Å²) in [6.07, 6.45) is 1.55. The summed E-state index contributed by atoms with van der Waals surface area (Å²) >= 11 is 0. The Kier molecular flexibility index (Phi) is 6.76. The number of aryl methyl sites for hydroxylation is 1. The van der Waals surface area contributed by atoms with Crippen LogP contribution >= 0.6 is 0 Å². The van der Waals surface area contributed by atoms with Crippen LogP contribution in [0.1, 0.15) is 34.2 Å². The third-order valence-electron chi connectivity index (χ3n) is 4.93. The lowest BCUT2D eigenvalue weighted by molar-refractivity contribution is -0.112. The molecule has 1 amide bonds. The summed E-state index contributed by atoms with van der Waals surface area (Å²) in [6.45, 7) is 6.22. The number of aromatic nitrogens is 1. The van der Waals surface area contributed by atoms with E-state index >= 15 is 0 Å². The van der Waals surface area contributed by atoms with Crippen molar-refractivity contribution < 1.29 is 19.4 Å². The molecule has 2 aromatic carbocycles. The summed E-state index contributed by atoms with van der Waals surface area (Å²) in [5.41, 5.74) is 3.97. The van der Waals surface area contributed by atoms with Crippen LogP contribution in [0.25, 0.3) is 11.8 Å². The maximum Gasteiger partial charge on any atom is 0.335 e. The SMILES string of the molecule is CCOc1ccc(NC(=O)/C(C#N)=C\c2cc(C)n(-c3ccc(C(=O)O)cc3)c2C)cc1. The zero-order valence-corrected chi connectivity index (χ0v) is 18.0. The number of carbonyl (C=O) groups is 2. The molecule has 2 N–H and O–H groups in total. The molecule has 162 valence electrons. The Balaban J connectivity index is 1.85. The van der Waals surface area contributed by atoms with Gasteiger partial charge in [0, 0.05) is 22.8 Å². The van der Waals surface area contributed by atoms with Gasteiger partial charge in [-0.25, -0.2) is 4.79 Å². The molecule has 1 heterocycles. The smallest absolute Gasteiger partial charge is 0.335 e. The number of nitrogens with one attached hydrogen (secondary N) is 1. The molecule has 3 rings (SSSR count). The average Bonchev–Trinajstić information content (AvgIpc) is 3.06. The standard InChI is InChI=1S/C25H23N3O4/c1-4-32-23-11-7-21(8-12-23)27-24(29)20(15-26)14-19-13-16(2)28(17(19)3)22-9-5-18(6-10-22)25(30)31/h5-14H,4H2,1-3H3,(H,27,29)(H,30,31)/b20-14-. The van der Waals surface area contributed by atoms with Crippen LogP contribution in [-0.2, 0) is 4.79 Å². The molecule has 1 aromatic heterocycles. The number of carboxylic acid groups (broad SMARTS) is 1. The molecule has 0 bridgehead atoms. The summed E-state index contributed by atoms with van der Waals surface area (Å²) < 4.78 is 7.33. The van der Waals surface area contributed by atoms with Gasteiger partial charge < -0.3 is 19.7 Å². The van der Waals surface area contributed by atoms with Crippen molar-refractivity contribution in [1.82, 2.24) is 4.57 Å². The Morgan fingerprint density at radius 1 is 1.12 bits per heavy atom. The number of rotatable bonds is 7. The molecule has 0 saturated heterocycles. The second-order valence-electron chi connectivity index (χ2n) is 7.10. The van der Waals surface area contributed by atoms with Crippen LogP contribution in [0.5, 0.6) is 5.75 Å². The topological polar surface area (TPSA) is 104 Å². The first kappa shape index (κ1) is 22.4. The van der Waals surface area contributed by atoms with Crippen molar-refractivity contribution in [3.63, 3.8) is 0 Å². The Hall–Kier alpha value is -4.31. The molecule has 0 saturated carbocycles. The highest BCUT2D eigenvalue weighted by atomic mass is 16.5. The molecule has 0 spiro atoms. The normalized spacial score (nSPS) is 11.0. The lowest BCUT2D eigenvalue weighted by Crippen LogP contribution is -2.13. The van der Waals surface area contributed by atoms with Gasteiger partial charge in [-0.1, -0.05) is 0 Å². The maximum absolute atomic E-state index is 12.6. The minimum Gasteiger partial charge on any atom is -0.494 e. The minimum absolute atomic E-state index is 0.0274. The first-order valence-electron chi connectivity index (χ1n) is 10.0. The fourth-order valence-corrected chi connectivity index (χ4v) is 3.39. The number of benzene rings is 2. The van der Waals surface area contributed by atoms with E-state index in [4.69, 9.17) is 9.84 Å². The van der Waals surface area contributed by atoms with E-state index in [2.05, 4.69) is 5.32 Å². The van der Waals surface area contributed by atoms with E-state index in [0.717, 1.165) is 22.6 Å². The number of nitrogens with zero attached hydrogens (tertiary/aromatic N) is 2. The average molecular weight is 429 g/mol. The molecule has 0 radical (unpaired) electrons. The van der Waals surface area contributed by atoms with E-state index in [1.165, 1.54) is 12.1 Å². The van der Waals surface area contributed by atoms with Crippen molar-refractivity contribution in [3.8, 4) is 17.5 Å². The number of amides is 1. The molecule has 0 atom stereocenters. The molecular weight excluding hydrogens is 406 g/mol. The van der Waals surface area contributed by atoms with Crippen molar-refractivity contribution in [3.05, 3.63) is 82.7 Å². The first-order valence-corrected chi connectivity index (χ1v) is 10.0. The third kappa shape index (κ3) is 4.87. The molecule has 7 heteroatoms. The van der Waals surface area contributed by atoms with Gasteiger partial charge in [0.15, 0.2) is 0 Å². The van der Waals surface area contributed by atoms with Crippen molar-refractivity contribution in [2.45, 2.75) is 20.8 Å². The van der Waals surface area contributed by atoms with E-state index in [0.29, 0.717) is 18.0 Å². The van der Waals surface area contributed by atoms with Gasteiger partial charge in [-0.15, -0.1) is 0 Å². The minimum atomic E-state index is -0.988. The second-order valence-corrected chi connectivity index (χ2v) is 7.10. The number of nitriles is 1. The highest BCUT2D eigenvalue weighted by Gasteiger charge is 2.14. The molecule has 0 aliphatic rings. The fraction of sp³-hybridized carbons (Fsp3) is 0.160. The molecule has 0 aliphatic carbocycles. The fourth-order valence-electron chi connectivity index (χ4n) is 3.39. The van der Waals surface area contributed by atoms with Gasteiger partial charge in [0.1, 0.15) is 17.4 Å². The first-order chi connectivity index (χ1) is 15.3. The number of carboxylic acids is 1. The van der Waals surface area contributed by atoms with E-state index in [-0.39, 0.29) is 11.1 Å². The van der Waals surface area contributed by atoms with Gasteiger partial charge in [0.05, 0.1) is 12.2 Å². The van der Waals surface area contributed by atoms with Crippen molar-refractivity contribution in [2.24, 2.45) is 0 Å². The van der Waals surface area contributed by atoms with Crippen LogP contribution in [0.3, 0.4) is 0 Å². The number of hydrogen-bond donors (Lipinski definition) is 2. The highest BCUT2D eigenvalue weighted by Crippen LogP contribution is 2.24. The van der Waals surface area contributed by atoms with Crippen molar-refractivity contribution in [2.75, 3.05) is 11.9 Å². The molecule has 0 aliphatic heterocycles. The predicted molar refractivity (Wildman–Crippen MR) is 122 cm³/mol. The Morgan fingerprint density at radius 3 is 2.34 bits per heavy atom. The van der Waals surface area contributed by atoms with Crippen molar-refractivity contribution >= 4 is 23.6 Å². The highest BCUT2D eigenvalue weighted by molar-refractivity contribution is 6.09. The zero-order valence-electron chi connectivity index (χ0n) is 18.0. The summed E-state index contributed by atoms with van der Waals surface area (Å²) in [4.78, 5) is 23.7. The van der Waals surface area contributed by atoms with Crippen LogP contribution in [-0.4, -0.2) is 28.2 Å². The van der Waals surface area contributed by atoms with Gasteiger partial charge in [-0.05, 0) is 87.0 Å². The molecule has 3 aromatic rings. The number of hydrogen-bond acceptors (Lipinski definition) is 4. The summed E-state index contributed by atoms with van der Waals surface area (Å²) in [5.74, 6) is -0.795. The van der Waals surface area contributed by atoms with Crippen LogP contribution in [0.15, 0.2) is 60.2 Å². The van der Waals surface area contributed by atoms with Gasteiger partial charge in [-0.2, -0.15) is 5.26 Å². The van der Waals surface area contributed by atoms with E-state index in [9.17, 15) is 14.9 Å². The predicted octanol–water partition coefficient (Wildman–Crippen LogP) is 4.74. The monoisotopic (exact) mass is 429 g/mol. The van der Waals surface area contributed by atoms with Crippen LogP contribution in [0, 0.1) is 25.2 Å². The number of anilines is 1. The largest absolute Gasteiger partial charge is 0.494 e. The summed E-state index contributed by atoms with van der Waals surface area (Å²) in [7, 11) is 0. The van der Waals surface area contributed by atoms with E-state index in [1.807, 2.05) is 37.5 Å². The van der Waals surface area contributed by atoms with Crippen LogP contribution < -0.4 is 10.1 Å². The van der Waals surface area contributed by atoms with Crippen molar-refractivity contribution in [1.29, 1.82) is 5.26 Å². The second kappa shape index (κ2) is 9.67. The van der Waals surface area contributed by atoms with Gasteiger partial charge in [0.25, 0.3) is 5.91 Å². The van der Waals surface area contributed by atoms with Gasteiger partial charge in [0.2, 0.25) is 0 Å². The Labute approximate surface area is 186 Å². The summed E-state index contributed by atoms with van der Waals surface area (Å²) in [6, 6.07) is 17.3. The third-order valence-corrected chi connectivity index (χ3v) is 4.93. The van der Waals surface area contributed by atoms with Gasteiger partial charge in [-0.3, -0.25) is 4.79 Å². The molecule has 32 heavy (non-hydrogen) atoms. The van der Waals surface area contributed by atoms with Crippen LogP contribution in [0.4, 0.5) is 5.69 Å². The lowest BCUT2D eigenvalue weighted by Gasteiger charge is -2.10. The van der Waals surface area contributed by atoms with Crippen LogP contribution in [0.2, 0.25) is 0 Å².